The van der Waals surface area contributed by atoms with E-state index >= 15 is 0 Å². The summed E-state index contributed by atoms with van der Waals surface area (Å²) in [6.07, 6.45) is 1.63. The van der Waals surface area contributed by atoms with Crippen LogP contribution in [0.4, 0.5) is 20.3 Å². The minimum absolute atomic E-state index is 0.149. The van der Waals surface area contributed by atoms with E-state index < -0.39 is 6.61 Å². The Morgan fingerprint density at radius 2 is 1.92 bits per heavy atom. The first kappa shape index (κ1) is 18.1. The van der Waals surface area contributed by atoms with Gasteiger partial charge in [-0.25, -0.2) is 0 Å². The lowest BCUT2D eigenvalue weighted by molar-refractivity contribution is -0.0507. The first-order chi connectivity index (χ1) is 12.2. The van der Waals surface area contributed by atoms with Crippen molar-refractivity contribution in [2.24, 2.45) is 0 Å². The van der Waals surface area contributed by atoms with Crippen LogP contribution in [0.2, 0.25) is 0 Å². The number of H-pyrrole nitrogens is 1. The standard InChI is InChI=1S/C19H22F2N4O/c1-10-11(2)24-25-17(10)23-14-6-7-22-15-9-16(26-18(20)21)13(8-12(14)15)19(3,4)5/h6-9,18H,1-5H3,(H2,22,23,24,25). The third kappa shape index (κ3) is 3.47. The van der Waals surface area contributed by atoms with Crippen LogP contribution < -0.4 is 10.1 Å². The SMILES string of the molecule is Cc1[nH]nc(Nc2ccnc3cc(OC(F)F)c(C(C)(C)C)cc23)c1C. The lowest BCUT2D eigenvalue weighted by Crippen LogP contribution is -2.15. The highest BCUT2D eigenvalue weighted by Crippen LogP contribution is 2.38. The van der Waals surface area contributed by atoms with Gasteiger partial charge in [0.05, 0.1) is 11.2 Å². The molecule has 0 aliphatic rings. The highest BCUT2D eigenvalue weighted by atomic mass is 19.3. The highest BCUT2D eigenvalue weighted by Gasteiger charge is 2.23. The van der Waals surface area contributed by atoms with E-state index in [2.05, 4.69) is 20.5 Å². The maximum atomic E-state index is 12.8. The second-order valence-corrected chi connectivity index (χ2v) is 7.30. The monoisotopic (exact) mass is 360 g/mol. The Morgan fingerprint density at radius 3 is 2.50 bits per heavy atom. The van der Waals surface area contributed by atoms with Crippen LogP contribution in [0.3, 0.4) is 0 Å². The van der Waals surface area contributed by atoms with Crippen LogP contribution in [-0.2, 0) is 5.41 Å². The quantitative estimate of drug-likeness (QED) is 0.670. The largest absolute Gasteiger partial charge is 0.434 e. The summed E-state index contributed by atoms with van der Waals surface area (Å²) in [4.78, 5) is 4.31. The minimum Gasteiger partial charge on any atom is -0.434 e. The molecule has 7 heteroatoms. The number of aryl methyl sites for hydroxylation is 1. The molecule has 2 heterocycles. The molecule has 0 aliphatic heterocycles. The van der Waals surface area contributed by atoms with Crippen molar-refractivity contribution >= 4 is 22.4 Å². The number of hydrogen-bond acceptors (Lipinski definition) is 4. The van der Waals surface area contributed by atoms with Crippen LogP contribution in [-0.4, -0.2) is 21.8 Å². The number of aromatic nitrogens is 3. The molecule has 0 unspecified atom stereocenters. The van der Waals surface area contributed by atoms with Crippen LogP contribution in [0.5, 0.6) is 5.75 Å². The summed E-state index contributed by atoms with van der Waals surface area (Å²) in [5.74, 6) is 0.872. The van der Waals surface area contributed by atoms with Gasteiger partial charge in [0.25, 0.3) is 0 Å². The summed E-state index contributed by atoms with van der Waals surface area (Å²) in [5, 5.41) is 11.3. The molecular weight excluding hydrogens is 338 g/mol. The van der Waals surface area contributed by atoms with E-state index in [9.17, 15) is 8.78 Å². The smallest absolute Gasteiger partial charge is 0.387 e. The van der Waals surface area contributed by atoms with Gasteiger partial charge in [-0.1, -0.05) is 20.8 Å². The van der Waals surface area contributed by atoms with E-state index in [1.54, 1.807) is 12.3 Å². The van der Waals surface area contributed by atoms with Gasteiger partial charge in [-0.15, -0.1) is 0 Å². The number of hydrogen-bond donors (Lipinski definition) is 2. The summed E-state index contributed by atoms with van der Waals surface area (Å²) in [6.45, 7) is 6.90. The van der Waals surface area contributed by atoms with E-state index in [1.165, 1.54) is 0 Å². The van der Waals surface area contributed by atoms with Crippen molar-refractivity contribution in [3.05, 3.63) is 41.2 Å². The van der Waals surface area contributed by atoms with Crippen molar-refractivity contribution in [1.29, 1.82) is 0 Å². The number of pyridine rings is 1. The van der Waals surface area contributed by atoms with Crippen molar-refractivity contribution in [2.75, 3.05) is 5.32 Å². The summed E-state index contributed by atoms with van der Waals surface area (Å²) in [7, 11) is 0. The number of benzene rings is 1. The van der Waals surface area contributed by atoms with Crippen molar-refractivity contribution in [3.8, 4) is 5.75 Å². The van der Waals surface area contributed by atoms with E-state index in [1.807, 2.05) is 46.8 Å². The van der Waals surface area contributed by atoms with Gasteiger partial charge in [-0.3, -0.25) is 10.1 Å². The Kier molecular flexibility index (Phi) is 4.56. The molecule has 0 radical (unpaired) electrons. The van der Waals surface area contributed by atoms with Crippen molar-refractivity contribution in [2.45, 2.75) is 46.6 Å². The molecule has 138 valence electrons. The Labute approximate surface area is 150 Å². The third-order valence-corrected chi connectivity index (χ3v) is 4.37. The molecule has 0 fully saturated rings. The summed E-state index contributed by atoms with van der Waals surface area (Å²) >= 11 is 0. The zero-order valence-corrected chi connectivity index (χ0v) is 15.4. The van der Waals surface area contributed by atoms with Crippen molar-refractivity contribution in [3.63, 3.8) is 0 Å². The van der Waals surface area contributed by atoms with Gasteiger partial charge in [-0.05, 0) is 31.4 Å². The lowest BCUT2D eigenvalue weighted by atomic mass is 9.85. The summed E-state index contributed by atoms with van der Waals surface area (Å²) < 4.78 is 30.4. The fraction of sp³-hybridized carbons (Fsp3) is 0.368. The Bertz CT molecular complexity index is 945. The van der Waals surface area contributed by atoms with E-state index in [4.69, 9.17) is 4.74 Å². The van der Waals surface area contributed by atoms with Crippen LogP contribution >= 0.6 is 0 Å². The second kappa shape index (κ2) is 6.55. The van der Waals surface area contributed by atoms with Gasteiger partial charge >= 0.3 is 6.61 Å². The number of aromatic amines is 1. The molecule has 3 rings (SSSR count). The summed E-state index contributed by atoms with van der Waals surface area (Å²) in [6, 6.07) is 5.26. The Hall–Kier alpha value is -2.70. The van der Waals surface area contributed by atoms with Crippen LogP contribution in [0, 0.1) is 13.8 Å². The van der Waals surface area contributed by atoms with Crippen LogP contribution in [0.25, 0.3) is 10.9 Å². The molecule has 2 aromatic heterocycles. The molecule has 0 saturated carbocycles. The van der Waals surface area contributed by atoms with Gasteiger partial charge in [-0.2, -0.15) is 13.9 Å². The Morgan fingerprint density at radius 1 is 1.19 bits per heavy atom. The number of fused-ring (bicyclic) bond motifs is 1. The molecular formula is C19H22F2N4O. The highest BCUT2D eigenvalue weighted by molar-refractivity contribution is 5.94. The molecule has 2 N–H and O–H groups in total. The predicted octanol–water partition coefficient (Wildman–Crippen LogP) is 5.22. The normalized spacial score (nSPS) is 12.0. The number of rotatable bonds is 4. The molecule has 0 spiro atoms. The maximum absolute atomic E-state index is 12.8. The number of alkyl halides is 2. The molecule has 26 heavy (non-hydrogen) atoms. The molecule has 0 amide bonds. The number of nitrogens with one attached hydrogen (secondary N) is 2. The average molecular weight is 360 g/mol. The van der Waals surface area contributed by atoms with Crippen LogP contribution in [0.1, 0.15) is 37.6 Å². The molecule has 5 nitrogen and oxygen atoms in total. The number of anilines is 2. The fourth-order valence-electron chi connectivity index (χ4n) is 2.80. The molecule has 0 saturated heterocycles. The average Bonchev–Trinajstić information content (AvgIpc) is 2.85. The molecule has 0 aliphatic carbocycles. The number of ether oxygens (including phenoxy) is 1. The molecule has 1 aromatic carbocycles. The first-order valence-corrected chi connectivity index (χ1v) is 8.33. The number of halogens is 2. The van der Waals surface area contributed by atoms with Gasteiger partial charge in [0.2, 0.25) is 0 Å². The van der Waals surface area contributed by atoms with Crippen LogP contribution in [0.15, 0.2) is 24.4 Å². The molecule has 3 aromatic rings. The summed E-state index contributed by atoms with van der Waals surface area (Å²) in [5.41, 5.74) is 3.70. The Balaban J connectivity index is 2.15. The van der Waals surface area contributed by atoms with Gasteiger partial charge in [0.15, 0.2) is 5.82 Å². The zero-order chi connectivity index (χ0) is 19.1. The topological polar surface area (TPSA) is 62.8 Å². The fourth-order valence-corrected chi connectivity index (χ4v) is 2.80. The molecule has 0 bridgehead atoms. The minimum atomic E-state index is -2.88. The second-order valence-electron chi connectivity index (χ2n) is 7.30. The molecule has 0 atom stereocenters. The predicted molar refractivity (Wildman–Crippen MR) is 98.4 cm³/mol. The lowest BCUT2D eigenvalue weighted by Gasteiger charge is -2.23. The van der Waals surface area contributed by atoms with Crippen molar-refractivity contribution < 1.29 is 13.5 Å². The van der Waals surface area contributed by atoms with E-state index in [0.29, 0.717) is 11.1 Å². The van der Waals surface area contributed by atoms with Gasteiger partial charge in [0, 0.05) is 34.5 Å². The van der Waals surface area contributed by atoms with Crippen molar-refractivity contribution in [1.82, 2.24) is 15.2 Å². The maximum Gasteiger partial charge on any atom is 0.387 e. The van der Waals surface area contributed by atoms with E-state index in [-0.39, 0.29) is 11.2 Å². The number of nitrogens with zero attached hydrogens (tertiary/aromatic N) is 2. The third-order valence-electron chi connectivity index (χ3n) is 4.37. The van der Waals surface area contributed by atoms with E-state index in [0.717, 1.165) is 28.1 Å². The zero-order valence-electron chi connectivity index (χ0n) is 15.4. The van der Waals surface area contributed by atoms with Gasteiger partial charge in [0.1, 0.15) is 5.75 Å². The van der Waals surface area contributed by atoms with Gasteiger partial charge < -0.3 is 10.1 Å². The first-order valence-electron chi connectivity index (χ1n) is 8.33.